The Morgan fingerprint density at radius 1 is 1.27 bits per heavy atom. The van der Waals surface area contributed by atoms with E-state index in [0.29, 0.717) is 11.5 Å². The van der Waals surface area contributed by atoms with E-state index in [-0.39, 0.29) is 11.9 Å². The van der Waals surface area contributed by atoms with Crippen LogP contribution in [0.25, 0.3) is 0 Å². The van der Waals surface area contributed by atoms with Crippen LogP contribution in [0, 0.1) is 5.92 Å². The SMILES string of the molecule is CC(Sc1ccccc1C(=O)NC1CCCCC1C)C(=O)O. The number of thioether (sulfide) groups is 1. The van der Waals surface area contributed by atoms with Gasteiger partial charge in [0.1, 0.15) is 5.25 Å². The van der Waals surface area contributed by atoms with Crippen LogP contribution in [0.4, 0.5) is 0 Å². The lowest BCUT2D eigenvalue weighted by Gasteiger charge is -2.29. The van der Waals surface area contributed by atoms with Gasteiger partial charge in [-0.15, -0.1) is 11.8 Å². The highest BCUT2D eigenvalue weighted by Gasteiger charge is 2.24. The predicted octanol–water partition coefficient (Wildman–Crippen LogP) is 3.56. The van der Waals surface area contributed by atoms with Crippen molar-refractivity contribution in [2.75, 3.05) is 0 Å². The number of rotatable bonds is 5. The van der Waals surface area contributed by atoms with E-state index < -0.39 is 11.2 Å². The van der Waals surface area contributed by atoms with Crippen molar-refractivity contribution in [3.63, 3.8) is 0 Å². The van der Waals surface area contributed by atoms with Crippen LogP contribution in [0.2, 0.25) is 0 Å². The third-order valence-electron chi connectivity index (χ3n) is 4.21. The fourth-order valence-electron chi connectivity index (χ4n) is 2.77. The monoisotopic (exact) mass is 321 g/mol. The quantitative estimate of drug-likeness (QED) is 0.814. The van der Waals surface area contributed by atoms with Gasteiger partial charge in [-0.1, -0.05) is 31.9 Å². The summed E-state index contributed by atoms with van der Waals surface area (Å²) in [7, 11) is 0. The van der Waals surface area contributed by atoms with Crippen LogP contribution in [0.3, 0.4) is 0 Å². The van der Waals surface area contributed by atoms with E-state index in [0.717, 1.165) is 24.2 Å². The molecule has 1 aliphatic carbocycles. The van der Waals surface area contributed by atoms with Crippen LogP contribution < -0.4 is 5.32 Å². The van der Waals surface area contributed by atoms with E-state index in [1.54, 1.807) is 13.0 Å². The van der Waals surface area contributed by atoms with Gasteiger partial charge in [0.05, 0.1) is 5.56 Å². The Kier molecular flexibility index (Phi) is 5.89. The summed E-state index contributed by atoms with van der Waals surface area (Å²) in [6.07, 6.45) is 4.56. The predicted molar refractivity (Wildman–Crippen MR) is 88.3 cm³/mol. The largest absolute Gasteiger partial charge is 0.480 e. The zero-order chi connectivity index (χ0) is 16.1. The standard InChI is InChI=1S/C17H23NO3S/c1-11-7-3-5-9-14(11)18-16(19)13-8-4-6-10-15(13)22-12(2)17(20)21/h4,6,8,10-12,14H,3,5,7,9H2,1-2H3,(H,18,19)(H,20,21). The van der Waals surface area contributed by atoms with Gasteiger partial charge in [-0.05, 0) is 37.8 Å². The van der Waals surface area contributed by atoms with Crippen LogP contribution in [-0.4, -0.2) is 28.3 Å². The molecule has 1 fully saturated rings. The highest BCUT2D eigenvalue weighted by Crippen LogP contribution is 2.28. The van der Waals surface area contributed by atoms with Crippen molar-refractivity contribution in [3.8, 4) is 0 Å². The maximum Gasteiger partial charge on any atom is 0.316 e. The second kappa shape index (κ2) is 7.68. The lowest BCUT2D eigenvalue weighted by Crippen LogP contribution is -2.41. The number of hydrogen-bond donors (Lipinski definition) is 2. The van der Waals surface area contributed by atoms with Crippen molar-refractivity contribution in [2.24, 2.45) is 5.92 Å². The third kappa shape index (κ3) is 4.26. The van der Waals surface area contributed by atoms with Gasteiger partial charge in [0.25, 0.3) is 5.91 Å². The minimum absolute atomic E-state index is 0.0977. The zero-order valence-corrected chi connectivity index (χ0v) is 13.9. The van der Waals surface area contributed by atoms with Crippen molar-refractivity contribution in [2.45, 2.75) is 55.7 Å². The molecule has 1 aromatic carbocycles. The fraction of sp³-hybridized carbons (Fsp3) is 0.529. The van der Waals surface area contributed by atoms with Crippen molar-refractivity contribution < 1.29 is 14.7 Å². The Labute approximate surface area is 135 Å². The molecule has 0 bridgehead atoms. The number of hydrogen-bond acceptors (Lipinski definition) is 3. The van der Waals surface area contributed by atoms with E-state index in [1.165, 1.54) is 18.2 Å². The number of carboxylic acid groups (broad SMARTS) is 1. The number of carbonyl (C=O) groups excluding carboxylic acids is 1. The first-order chi connectivity index (χ1) is 10.5. The Morgan fingerprint density at radius 3 is 2.64 bits per heavy atom. The first kappa shape index (κ1) is 16.9. The topological polar surface area (TPSA) is 66.4 Å². The molecule has 22 heavy (non-hydrogen) atoms. The molecule has 3 atom stereocenters. The minimum Gasteiger partial charge on any atom is -0.480 e. The molecule has 1 saturated carbocycles. The van der Waals surface area contributed by atoms with Crippen LogP contribution in [0.15, 0.2) is 29.2 Å². The first-order valence-corrected chi connectivity index (χ1v) is 8.66. The van der Waals surface area contributed by atoms with E-state index in [4.69, 9.17) is 5.11 Å². The van der Waals surface area contributed by atoms with Gasteiger partial charge in [0, 0.05) is 10.9 Å². The van der Waals surface area contributed by atoms with Crippen LogP contribution >= 0.6 is 11.8 Å². The summed E-state index contributed by atoms with van der Waals surface area (Å²) in [4.78, 5) is 24.3. The summed E-state index contributed by atoms with van der Waals surface area (Å²) >= 11 is 1.21. The van der Waals surface area contributed by atoms with E-state index >= 15 is 0 Å². The highest BCUT2D eigenvalue weighted by atomic mass is 32.2. The summed E-state index contributed by atoms with van der Waals surface area (Å²) in [5.41, 5.74) is 0.568. The minimum atomic E-state index is -0.874. The first-order valence-electron chi connectivity index (χ1n) is 7.78. The molecule has 4 nitrogen and oxygen atoms in total. The van der Waals surface area contributed by atoms with E-state index in [2.05, 4.69) is 12.2 Å². The number of carboxylic acids is 1. The van der Waals surface area contributed by atoms with E-state index in [1.807, 2.05) is 18.2 Å². The molecule has 0 saturated heterocycles. The van der Waals surface area contributed by atoms with Crippen molar-refractivity contribution in [1.29, 1.82) is 0 Å². The van der Waals surface area contributed by atoms with Gasteiger partial charge in [-0.2, -0.15) is 0 Å². The van der Waals surface area contributed by atoms with Gasteiger partial charge in [0.2, 0.25) is 0 Å². The molecule has 1 amide bonds. The molecule has 120 valence electrons. The normalized spacial score (nSPS) is 22.8. The van der Waals surface area contributed by atoms with Crippen LogP contribution in [0.5, 0.6) is 0 Å². The number of carbonyl (C=O) groups is 2. The molecule has 1 aromatic rings. The maximum atomic E-state index is 12.6. The summed E-state index contributed by atoms with van der Waals surface area (Å²) < 4.78 is 0. The Bertz CT molecular complexity index is 546. The zero-order valence-electron chi connectivity index (χ0n) is 13.0. The smallest absolute Gasteiger partial charge is 0.316 e. The highest BCUT2D eigenvalue weighted by molar-refractivity contribution is 8.00. The Hall–Kier alpha value is -1.49. The van der Waals surface area contributed by atoms with Crippen molar-refractivity contribution in [3.05, 3.63) is 29.8 Å². The molecule has 3 unspecified atom stereocenters. The molecule has 5 heteroatoms. The Balaban J connectivity index is 2.10. The molecule has 2 rings (SSSR count). The second-order valence-electron chi connectivity index (χ2n) is 5.94. The third-order valence-corrected chi connectivity index (χ3v) is 5.38. The number of nitrogens with one attached hydrogen (secondary N) is 1. The molecule has 0 spiro atoms. The maximum absolute atomic E-state index is 12.6. The lowest BCUT2D eigenvalue weighted by molar-refractivity contribution is -0.136. The number of aliphatic carboxylic acids is 1. The summed E-state index contributed by atoms with van der Waals surface area (Å²) in [6.45, 7) is 3.81. The molecule has 0 aliphatic heterocycles. The van der Waals surface area contributed by atoms with Gasteiger partial charge in [0.15, 0.2) is 0 Å². The molecular formula is C17H23NO3S. The fourth-order valence-corrected chi connectivity index (χ4v) is 3.70. The van der Waals surface area contributed by atoms with Crippen LogP contribution in [0.1, 0.15) is 49.9 Å². The van der Waals surface area contributed by atoms with Gasteiger partial charge < -0.3 is 10.4 Å². The molecule has 2 N–H and O–H groups in total. The molecular weight excluding hydrogens is 298 g/mol. The average molecular weight is 321 g/mol. The van der Waals surface area contributed by atoms with Crippen molar-refractivity contribution >= 4 is 23.6 Å². The lowest BCUT2D eigenvalue weighted by atomic mass is 9.86. The van der Waals surface area contributed by atoms with Crippen molar-refractivity contribution in [1.82, 2.24) is 5.32 Å². The second-order valence-corrected chi connectivity index (χ2v) is 7.32. The molecule has 0 radical (unpaired) electrons. The van der Waals surface area contributed by atoms with Gasteiger partial charge in [-0.25, -0.2) is 0 Å². The average Bonchev–Trinajstić information content (AvgIpc) is 2.50. The van der Waals surface area contributed by atoms with Gasteiger partial charge >= 0.3 is 5.97 Å². The van der Waals surface area contributed by atoms with Gasteiger partial charge in [-0.3, -0.25) is 9.59 Å². The molecule has 1 aliphatic rings. The number of benzene rings is 1. The Morgan fingerprint density at radius 2 is 1.95 bits per heavy atom. The summed E-state index contributed by atoms with van der Waals surface area (Å²) in [5.74, 6) is -0.476. The summed E-state index contributed by atoms with van der Waals surface area (Å²) in [6, 6.07) is 7.44. The number of amides is 1. The molecule has 0 heterocycles. The molecule has 0 aromatic heterocycles. The van der Waals surface area contributed by atoms with Crippen LogP contribution in [-0.2, 0) is 4.79 Å². The summed E-state index contributed by atoms with van der Waals surface area (Å²) in [5, 5.41) is 11.6. The van der Waals surface area contributed by atoms with E-state index in [9.17, 15) is 9.59 Å².